The maximum atomic E-state index is 5.73. The lowest BCUT2D eigenvalue weighted by Crippen LogP contribution is -2.02. The van der Waals surface area contributed by atoms with E-state index < -0.39 is 0 Å². The molecule has 0 spiro atoms. The summed E-state index contributed by atoms with van der Waals surface area (Å²) in [7, 11) is 0. The third-order valence-corrected chi connectivity index (χ3v) is 3.35. The molecule has 0 aliphatic heterocycles. The second kappa shape index (κ2) is 5.72. The van der Waals surface area contributed by atoms with Crippen LogP contribution in [0.25, 0.3) is 22.5 Å². The number of aromatic nitrogens is 2. The van der Waals surface area contributed by atoms with Gasteiger partial charge in [-0.2, -0.15) is 0 Å². The quantitative estimate of drug-likeness (QED) is 0.759. The molecule has 0 bridgehead atoms. The predicted octanol–water partition coefficient (Wildman–Crippen LogP) is 3.24. The van der Waals surface area contributed by atoms with E-state index in [0.717, 1.165) is 23.4 Å². The second-order valence-electron chi connectivity index (χ2n) is 4.73. The van der Waals surface area contributed by atoms with Crippen LogP contribution in [-0.2, 0) is 6.42 Å². The van der Waals surface area contributed by atoms with E-state index in [0.29, 0.717) is 6.54 Å². The molecule has 0 aliphatic rings. The summed E-state index contributed by atoms with van der Waals surface area (Å²) in [5, 5.41) is 0. The number of pyridine rings is 1. The van der Waals surface area contributed by atoms with Crippen LogP contribution >= 0.6 is 0 Å². The lowest BCUT2D eigenvalue weighted by atomic mass is 10.1. The third-order valence-electron chi connectivity index (χ3n) is 3.35. The number of nitrogens with zero attached hydrogens (tertiary/aromatic N) is 1. The highest BCUT2D eigenvalue weighted by molar-refractivity contribution is 5.71. The summed E-state index contributed by atoms with van der Waals surface area (Å²) in [6, 6.07) is 16.5. The SMILES string of the molecule is NCCc1cc(-c2ccccc2)[nH]c1-c1cccnc1. The summed E-state index contributed by atoms with van der Waals surface area (Å²) in [5.74, 6) is 0. The van der Waals surface area contributed by atoms with Crippen LogP contribution in [-0.4, -0.2) is 16.5 Å². The van der Waals surface area contributed by atoms with E-state index >= 15 is 0 Å². The van der Waals surface area contributed by atoms with Crippen molar-refractivity contribution in [1.29, 1.82) is 0 Å². The Bertz CT molecular complexity index is 672. The molecule has 0 unspecified atom stereocenters. The summed E-state index contributed by atoms with van der Waals surface area (Å²) in [6.45, 7) is 0.638. The number of H-pyrrole nitrogens is 1. The van der Waals surface area contributed by atoms with Gasteiger partial charge in [0.1, 0.15) is 0 Å². The van der Waals surface area contributed by atoms with Crippen LogP contribution < -0.4 is 5.73 Å². The molecule has 100 valence electrons. The molecular formula is C17H17N3. The van der Waals surface area contributed by atoms with Gasteiger partial charge < -0.3 is 10.7 Å². The highest BCUT2D eigenvalue weighted by Gasteiger charge is 2.10. The van der Waals surface area contributed by atoms with Crippen molar-refractivity contribution in [3.05, 3.63) is 66.5 Å². The highest BCUT2D eigenvalue weighted by Crippen LogP contribution is 2.28. The molecule has 2 heterocycles. The molecule has 3 heteroatoms. The molecule has 0 atom stereocenters. The highest BCUT2D eigenvalue weighted by atomic mass is 14.7. The lowest BCUT2D eigenvalue weighted by Gasteiger charge is -2.02. The van der Waals surface area contributed by atoms with Crippen LogP contribution in [0.15, 0.2) is 60.9 Å². The van der Waals surface area contributed by atoms with Crippen molar-refractivity contribution in [3.8, 4) is 22.5 Å². The average molecular weight is 263 g/mol. The Morgan fingerprint density at radius 1 is 1.00 bits per heavy atom. The zero-order valence-corrected chi connectivity index (χ0v) is 11.2. The fourth-order valence-electron chi connectivity index (χ4n) is 2.39. The minimum Gasteiger partial charge on any atom is -0.354 e. The van der Waals surface area contributed by atoms with Crippen molar-refractivity contribution in [2.75, 3.05) is 6.54 Å². The number of nitrogens with two attached hydrogens (primary N) is 1. The average Bonchev–Trinajstić information content (AvgIpc) is 2.94. The van der Waals surface area contributed by atoms with Crippen LogP contribution in [0, 0.1) is 0 Å². The van der Waals surface area contributed by atoms with Crippen molar-refractivity contribution in [2.45, 2.75) is 6.42 Å². The molecule has 0 saturated heterocycles. The van der Waals surface area contributed by atoms with Crippen LogP contribution in [0.1, 0.15) is 5.56 Å². The predicted molar refractivity (Wildman–Crippen MR) is 82.2 cm³/mol. The minimum atomic E-state index is 0.638. The Labute approximate surface area is 118 Å². The van der Waals surface area contributed by atoms with E-state index in [1.54, 1.807) is 6.20 Å². The zero-order valence-electron chi connectivity index (χ0n) is 11.2. The Kier molecular flexibility index (Phi) is 3.61. The molecule has 1 aromatic carbocycles. The van der Waals surface area contributed by atoms with Gasteiger partial charge in [0.15, 0.2) is 0 Å². The number of hydrogen-bond acceptors (Lipinski definition) is 2. The maximum Gasteiger partial charge on any atom is 0.0507 e. The normalized spacial score (nSPS) is 10.7. The van der Waals surface area contributed by atoms with Crippen molar-refractivity contribution in [1.82, 2.24) is 9.97 Å². The van der Waals surface area contributed by atoms with E-state index in [-0.39, 0.29) is 0 Å². The standard InChI is InChI=1S/C17H17N3/c18-9-8-14-11-16(13-5-2-1-3-6-13)20-17(14)15-7-4-10-19-12-15/h1-7,10-12,20H,8-9,18H2. The smallest absolute Gasteiger partial charge is 0.0507 e. The first-order chi connectivity index (χ1) is 9.88. The van der Waals surface area contributed by atoms with E-state index in [1.807, 2.05) is 30.5 Å². The third kappa shape index (κ3) is 2.49. The summed E-state index contributed by atoms with van der Waals surface area (Å²) in [6.07, 6.45) is 4.52. The molecule has 0 saturated carbocycles. The van der Waals surface area contributed by atoms with Crippen molar-refractivity contribution in [3.63, 3.8) is 0 Å². The van der Waals surface area contributed by atoms with Gasteiger partial charge in [-0.1, -0.05) is 30.3 Å². The zero-order chi connectivity index (χ0) is 13.8. The van der Waals surface area contributed by atoms with Crippen LogP contribution in [0.5, 0.6) is 0 Å². The number of benzene rings is 1. The first kappa shape index (κ1) is 12.6. The molecule has 0 fully saturated rings. The van der Waals surface area contributed by atoms with Gasteiger partial charge in [0.2, 0.25) is 0 Å². The number of rotatable bonds is 4. The van der Waals surface area contributed by atoms with Crippen molar-refractivity contribution >= 4 is 0 Å². The molecule has 0 radical (unpaired) electrons. The molecule has 3 aromatic rings. The van der Waals surface area contributed by atoms with Crippen LogP contribution in [0.3, 0.4) is 0 Å². The largest absolute Gasteiger partial charge is 0.354 e. The van der Waals surface area contributed by atoms with Gasteiger partial charge in [-0.3, -0.25) is 4.98 Å². The fourth-order valence-corrected chi connectivity index (χ4v) is 2.39. The number of aromatic amines is 1. The minimum absolute atomic E-state index is 0.638. The summed E-state index contributed by atoms with van der Waals surface area (Å²) < 4.78 is 0. The van der Waals surface area contributed by atoms with Gasteiger partial charge in [-0.25, -0.2) is 0 Å². The van der Waals surface area contributed by atoms with E-state index in [4.69, 9.17) is 5.73 Å². The summed E-state index contributed by atoms with van der Waals surface area (Å²) >= 11 is 0. The van der Waals surface area contributed by atoms with Gasteiger partial charge in [0, 0.05) is 23.7 Å². The first-order valence-electron chi connectivity index (χ1n) is 6.76. The lowest BCUT2D eigenvalue weighted by molar-refractivity contribution is 0.972. The van der Waals surface area contributed by atoms with E-state index in [2.05, 4.69) is 34.2 Å². The monoisotopic (exact) mass is 263 g/mol. The Hall–Kier alpha value is -2.39. The van der Waals surface area contributed by atoms with Gasteiger partial charge in [0.25, 0.3) is 0 Å². The summed E-state index contributed by atoms with van der Waals surface area (Å²) in [5.41, 5.74) is 11.5. The van der Waals surface area contributed by atoms with Gasteiger partial charge in [-0.05, 0) is 42.3 Å². The molecule has 3 nitrogen and oxygen atoms in total. The maximum absolute atomic E-state index is 5.73. The molecule has 3 N–H and O–H groups in total. The van der Waals surface area contributed by atoms with Gasteiger partial charge in [0.05, 0.1) is 5.69 Å². The van der Waals surface area contributed by atoms with Crippen LogP contribution in [0.2, 0.25) is 0 Å². The fraction of sp³-hybridized carbons (Fsp3) is 0.118. The molecule has 0 aliphatic carbocycles. The molecule has 2 aromatic heterocycles. The molecule has 3 rings (SSSR count). The molecule has 0 amide bonds. The van der Waals surface area contributed by atoms with Crippen LogP contribution in [0.4, 0.5) is 0 Å². The van der Waals surface area contributed by atoms with E-state index in [9.17, 15) is 0 Å². The summed E-state index contributed by atoms with van der Waals surface area (Å²) in [4.78, 5) is 7.70. The van der Waals surface area contributed by atoms with Crippen molar-refractivity contribution < 1.29 is 0 Å². The number of nitrogens with one attached hydrogen (secondary N) is 1. The van der Waals surface area contributed by atoms with Gasteiger partial charge in [-0.15, -0.1) is 0 Å². The van der Waals surface area contributed by atoms with E-state index in [1.165, 1.54) is 11.1 Å². The Balaban J connectivity index is 2.08. The Morgan fingerprint density at radius 3 is 2.50 bits per heavy atom. The van der Waals surface area contributed by atoms with Gasteiger partial charge >= 0.3 is 0 Å². The Morgan fingerprint density at radius 2 is 1.80 bits per heavy atom. The second-order valence-corrected chi connectivity index (χ2v) is 4.73. The molecular weight excluding hydrogens is 246 g/mol. The first-order valence-corrected chi connectivity index (χ1v) is 6.76. The van der Waals surface area contributed by atoms with Crippen molar-refractivity contribution in [2.24, 2.45) is 5.73 Å². The number of hydrogen-bond donors (Lipinski definition) is 2. The topological polar surface area (TPSA) is 54.7 Å². The molecule has 20 heavy (non-hydrogen) atoms.